The van der Waals surface area contributed by atoms with Crippen molar-refractivity contribution >= 4 is 35.1 Å². The fraction of sp³-hybridized carbons (Fsp3) is 0.316. The molecule has 9 heteroatoms. The third-order valence-corrected chi connectivity index (χ3v) is 4.64. The van der Waals surface area contributed by atoms with Gasteiger partial charge in [-0.25, -0.2) is 4.79 Å². The van der Waals surface area contributed by atoms with Crippen LogP contribution in [-0.2, 0) is 4.79 Å². The highest BCUT2D eigenvalue weighted by atomic mass is 35.5. The maximum Gasteiger partial charge on any atom is 0.321 e. The number of hydrogen-bond acceptors (Lipinski definition) is 4. The Morgan fingerprint density at radius 3 is 2.32 bits per heavy atom. The van der Waals surface area contributed by atoms with E-state index in [9.17, 15) is 14.4 Å². The summed E-state index contributed by atoms with van der Waals surface area (Å²) in [5, 5.41) is 6.06. The molecule has 1 saturated heterocycles. The summed E-state index contributed by atoms with van der Waals surface area (Å²) in [7, 11) is 0. The first kappa shape index (κ1) is 19.8. The van der Waals surface area contributed by atoms with E-state index in [4.69, 9.17) is 16.0 Å². The van der Waals surface area contributed by atoms with Crippen molar-refractivity contribution in [3.05, 3.63) is 53.4 Å². The van der Waals surface area contributed by atoms with Gasteiger partial charge < -0.3 is 24.9 Å². The monoisotopic (exact) mass is 404 g/mol. The lowest BCUT2D eigenvalue weighted by Gasteiger charge is -2.34. The van der Waals surface area contributed by atoms with Crippen LogP contribution in [0.5, 0.6) is 0 Å². The maximum atomic E-state index is 12.3. The highest BCUT2D eigenvalue weighted by molar-refractivity contribution is 6.30. The summed E-state index contributed by atoms with van der Waals surface area (Å²) in [6.07, 6.45) is 1.62. The molecular formula is C19H21ClN4O4. The van der Waals surface area contributed by atoms with Crippen LogP contribution in [0.3, 0.4) is 0 Å². The molecule has 1 aromatic heterocycles. The first-order valence-electron chi connectivity index (χ1n) is 8.94. The van der Waals surface area contributed by atoms with Crippen LogP contribution in [0.4, 0.5) is 10.5 Å². The number of amides is 4. The molecule has 1 aliphatic heterocycles. The van der Waals surface area contributed by atoms with Crippen LogP contribution in [0.25, 0.3) is 0 Å². The molecule has 1 aromatic carbocycles. The Labute approximate surface area is 167 Å². The number of anilines is 1. The summed E-state index contributed by atoms with van der Waals surface area (Å²) in [5.41, 5.74) is 0.667. The second kappa shape index (κ2) is 9.27. The lowest BCUT2D eigenvalue weighted by molar-refractivity contribution is -0.132. The van der Waals surface area contributed by atoms with E-state index in [1.54, 1.807) is 46.2 Å². The summed E-state index contributed by atoms with van der Waals surface area (Å²) >= 11 is 5.83. The third kappa shape index (κ3) is 5.26. The van der Waals surface area contributed by atoms with Gasteiger partial charge in [0.2, 0.25) is 5.91 Å². The Hall–Kier alpha value is -3.00. The minimum Gasteiger partial charge on any atom is -0.459 e. The van der Waals surface area contributed by atoms with E-state index in [-0.39, 0.29) is 36.6 Å². The SMILES string of the molecule is O=C(NCCC(=O)N1CCN(C(=O)Nc2ccc(Cl)cc2)CC1)c1ccco1. The number of piperazine rings is 1. The van der Waals surface area contributed by atoms with Crippen LogP contribution in [0.15, 0.2) is 47.1 Å². The Morgan fingerprint density at radius 2 is 1.68 bits per heavy atom. The summed E-state index contributed by atoms with van der Waals surface area (Å²) in [4.78, 5) is 39.7. The van der Waals surface area contributed by atoms with Gasteiger partial charge in [-0.1, -0.05) is 11.6 Å². The molecule has 8 nitrogen and oxygen atoms in total. The number of hydrogen-bond donors (Lipinski definition) is 2. The topological polar surface area (TPSA) is 94.9 Å². The van der Waals surface area contributed by atoms with Crippen LogP contribution in [0.2, 0.25) is 5.02 Å². The lowest BCUT2D eigenvalue weighted by Crippen LogP contribution is -2.52. The van der Waals surface area contributed by atoms with E-state index in [0.717, 1.165) is 0 Å². The predicted octanol–water partition coefficient (Wildman–Crippen LogP) is 2.43. The third-order valence-electron chi connectivity index (χ3n) is 4.38. The van der Waals surface area contributed by atoms with E-state index >= 15 is 0 Å². The van der Waals surface area contributed by atoms with Gasteiger partial charge >= 0.3 is 6.03 Å². The molecule has 0 radical (unpaired) electrons. The summed E-state index contributed by atoms with van der Waals surface area (Å²) in [5.74, 6) is -0.188. The second-order valence-corrected chi connectivity index (χ2v) is 6.72. The zero-order valence-corrected chi connectivity index (χ0v) is 15.9. The Morgan fingerprint density at radius 1 is 1.00 bits per heavy atom. The van der Waals surface area contributed by atoms with Gasteiger partial charge in [0.05, 0.1) is 6.26 Å². The van der Waals surface area contributed by atoms with Gasteiger partial charge in [0.15, 0.2) is 5.76 Å². The summed E-state index contributed by atoms with van der Waals surface area (Å²) < 4.78 is 4.99. The van der Waals surface area contributed by atoms with Crippen molar-refractivity contribution in [1.82, 2.24) is 15.1 Å². The van der Waals surface area contributed by atoms with Crippen molar-refractivity contribution in [1.29, 1.82) is 0 Å². The van der Waals surface area contributed by atoms with E-state index in [2.05, 4.69) is 10.6 Å². The van der Waals surface area contributed by atoms with Gasteiger partial charge in [-0.2, -0.15) is 0 Å². The predicted molar refractivity (Wildman–Crippen MR) is 104 cm³/mol. The second-order valence-electron chi connectivity index (χ2n) is 6.29. The van der Waals surface area contributed by atoms with Crippen molar-refractivity contribution in [3.8, 4) is 0 Å². The number of nitrogens with one attached hydrogen (secondary N) is 2. The van der Waals surface area contributed by atoms with E-state index < -0.39 is 0 Å². The first-order valence-corrected chi connectivity index (χ1v) is 9.32. The molecule has 148 valence electrons. The van der Waals surface area contributed by atoms with Crippen molar-refractivity contribution in [2.75, 3.05) is 38.0 Å². The molecule has 0 bridgehead atoms. The number of furan rings is 1. The maximum absolute atomic E-state index is 12.3. The molecule has 4 amide bonds. The first-order chi connectivity index (χ1) is 13.5. The number of carbonyl (C=O) groups is 3. The molecular weight excluding hydrogens is 384 g/mol. The van der Waals surface area contributed by atoms with Crippen LogP contribution < -0.4 is 10.6 Å². The standard InChI is InChI=1S/C19H21ClN4O4/c20-14-3-5-15(6-4-14)22-19(27)24-11-9-23(10-12-24)17(25)7-8-21-18(26)16-2-1-13-28-16/h1-6,13H,7-12H2,(H,21,26)(H,22,27). The molecule has 1 fully saturated rings. The molecule has 1 aliphatic rings. The number of halogens is 1. The summed E-state index contributed by atoms with van der Waals surface area (Å²) in [6, 6.07) is 9.86. The van der Waals surface area contributed by atoms with Gasteiger partial charge in [0.1, 0.15) is 0 Å². The van der Waals surface area contributed by atoms with E-state index in [1.165, 1.54) is 6.26 Å². The molecule has 0 unspecified atom stereocenters. The Bertz CT molecular complexity index is 815. The minimum absolute atomic E-state index is 0.0579. The number of benzene rings is 1. The van der Waals surface area contributed by atoms with Gasteiger partial charge in [-0.05, 0) is 36.4 Å². The quantitative estimate of drug-likeness (QED) is 0.800. The Kier molecular flexibility index (Phi) is 6.54. The fourth-order valence-corrected chi connectivity index (χ4v) is 2.96. The van der Waals surface area contributed by atoms with Gasteiger partial charge in [-0.15, -0.1) is 0 Å². The highest BCUT2D eigenvalue weighted by Crippen LogP contribution is 2.14. The molecule has 2 N–H and O–H groups in total. The normalized spacial score (nSPS) is 13.9. The zero-order chi connectivity index (χ0) is 19.9. The Balaban J connectivity index is 1.38. The van der Waals surface area contributed by atoms with Gasteiger partial charge in [0.25, 0.3) is 5.91 Å². The fourth-order valence-electron chi connectivity index (χ4n) is 2.83. The van der Waals surface area contributed by atoms with Crippen molar-refractivity contribution in [3.63, 3.8) is 0 Å². The number of rotatable bonds is 5. The van der Waals surface area contributed by atoms with Crippen LogP contribution in [-0.4, -0.2) is 60.4 Å². The van der Waals surface area contributed by atoms with E-state index in [1.807, 2.05) is 0 Å². The lowest BCUT2D eigenvalue weighted by atomic mass is 10.2. The molecule has 0 saturated carbocycles. The summed E-state index contributed by atoms with van der Waals surface area (Å²) in [6.45, 7) is 2.04. The molecule has 2 aromatic rings. The van der Waals surface area contributed by atoms with Crippen LogP contribution in [0.1, 0.15) is 17.0 Å². The number of carbonyl (C=O) groups excluding carboxylic acids is 3. The van der Waals surface area contributed by atoms with Crippen LogP contribution in [0, 0.1) is 0 Å². The van der Waals surface area contributed by atoms with Crippen molar-refractivity contribution < 1.29 is 18.8 Å². The molecule has 0 spiro atoms. The van der Waals surface area contributed by atoms with Crippen LogP contribution >= 0.6 is 11.6 Å². The van der Waals surface area contributed by atoms with Gasteiger partial charge in [-0.3, -0.25) is 9.59 Å². The average Bonchev–Trinajstić information content (AvgIpc) is 3.24. The minimum atomic E-state index is -0.346. The largest absolute Gasteiger partial charge is 0.459 e. The molecule has 0 atom stereocenters. The smallest absolute Gasteiger partial charge is 0.321 e. The average molecular weight is 405 g/mol. The number of urea groups is 1. The molecule has 28 heavy (non-hydrogen) atoms. The zero-order valence-electron chi connectivity index (χ0n) is 15.2. The molecule has 2 heterocycles. The van der Waals surface area contributed by atoms with E-state index in [0.29, 0.717) is 36.9 Å². The number of nitrogens with zero attached hydrogens (tertiary/aromatic N) is 2. The van der Waals surface area contributed by atoms with Crippen molar-refractivity contribution in [2.45, 2.75) is 6.42 Å². The van der Waals surface area contributed by atoms with Gasteiger partial charge in [0, 0.05) is 49.9 Å². The highest BCUT2D eigenvalue weighted by Gasteiger charge is 2.24. The molecule has 0 aliphatic carbocycles. The van der Waals surface area contributed by atoms with Crippen molar-refractivity contribution in [2.24, 2.45) is 0 Å². The molecule has 3 rings (SSSR count).